The molecule has 0 fully saturated rings. The van der Waals surface area contributed by atoms with Gasteiger partial charge < -0.3 is 0 Å². The van der Waals surface area contributed by atoms with Crippen molar-refractivity contribution in [3.63, 3.8) is 0 Å². The Labute approximate surface area is 72.0 Å². The average molecular weight is 370 g/mol. The number of rotatable bonds is 0. The van der Waals surface area contributed by atoms with E-state index in [0.29, 0.717) is 44.2 Å². The normalized spacial score (nSPS) is 19.8. The molecular formula is C3H2NReXe. The predicted molar refractivity (Wildman–Crippen MR) is 16.6 cm³/mol. The van der Waals surface area contributed by atoms with Crippen LogP contribution >= 0.6 is 0 Å². The summed E-state index contributed by atoms with van der Waals surface area (Å²) in [4.78, 5) is 4.04. The molecule has 0 aliphatic carbocycles. The molecule has 0 aromatic rings. The Morgan fingerprint density at radius 1 is 1.83 bits per heavy atom. The Morgan fingerprint density at radius 2 is 2.67 bits per heavy atom. The number of aliphatic imine (C=N–C) groups is 1. The summed E-state index contributed by atoms with van der Waals surface area (Å²) in [7, 11) is 0. The van der Waals surface area contributed by atoms with Crippen LogP contribution in [-0.4, -0.2) is -1.35 Å². The number of hydrogen-bond donors (Lipinski definition) is 0. The van der Waals surface area contributed by atoms with Crippen LogP contribution in [0.4, 0.5) is 0 Å². The molecule has 1 aliphatic rings. The van der Waals surface area contributed by atoms with E-state index >= 15 is 0 Å². The quantitative estimate of drug-likeness (QED) is 0.588. The van der Waals surface area contributed by atoms with Gasteiger partial charge in [0.2, 0.25) is 0 Å². The van der Waals surface area contributed by atoms with E-state index in [-0.39, 0.29) is 0 Å². The monoisotopic (exact) mass is 371 g/mol. The van der Waals surface area contributed by atoms with Crippen LogP contribution in [0.25, 0.3) is 0 Å². The first-order valence-electron chi connectivity index (χ1n) is 1.39. The number of nitrogens with zero attached hydrogens (tertiary/aromatic N) is 1. The van der Waals surface area contributed by atoms with E-state index in [1.165, 1.54) is -1.35 Å². The Bertz CT molecular complexity index is 107. The van der Waals surface area contributed by atoms with Gasteiger partial charge in [0.15, 0.2) is 0 Å². The SMILES string of the molecule is [Re][C]1=NC=C[Xe]1. The van der Waals surface area contributed by atoms with Gasteiger partial charge in [0.25, 0.3) is 0 Å². The molecule has 3 heteroatoms. The molecule has 0 saturated carbocycles. The zero-order valence-electron chi connectivity index (χ0n) is 2.83. The van der Waals surface area contributed by atoms with Crippen molar-refractivity contribution in [2.75, 3.05) is 0 Å². The van der Waals surface area contributed by atoms with Gasteiger partial charge in [-0.1, -0.05) is 0 Å². The van der Waals surface area contributed by atoms with Crippen LogP contribution in [0.15, 0.2) is 11.7 Å². The van der Waals surface area contributed by atoms with Crippen molar-refractivity contribution in [3.05, 3.63) is 6.74 Å². The molecule has 0 unspecified atom stereocenters. The maximum absolute atomic E-state index is 4.04. The molecule has 34 valence electrons. The van der Waals surface area contributed by atoms with Crippen LogP contribution in [-0.2, 0) is 19.2 Å². The van der Waals surface area contributed by atoms with Gasteiger partial charge in [-0.3, -0.25) is 0 Å². The summed E-state index contributed by atoms with van der Waals surface area (Å²) in [5.41, 5.74) is 0. The second kappa shape index (κ2) is 2.83. The molecule has 0 atom stereocenters. The van der Waals surface area contributed by atoms with Gasteiger partial charge in [-0.15, -0.1) is 0 Å². The van der Waals surface area contributed by atoms with Gasteiger partial charge >= 0.3 is 73.8 Å². The second-order valence-electron chi connectivity index (χ2n) is 0.728. The second-order valence-corrected chi connectivity index (χ2v) is 6.64. The summed E-state index contributed by atoms with van der Waals surface area (Å²) in [5, 5.41) is 0. The standard InChI is InChI=1S/C3H2NXe.Re/c1-2-5-3-4-1;/h1-2H;. The Morgan fingerprint density at radius 3 is 2.83 bits per heavy atom. The summed E-state index contributed by atoms with van der Waals surface area (Å²) in [6.45, 7) is 0. The van der Waals surface area contributed by atoms with E-state index in [4.69, 9.17) is 0 Å². The van der Waals surface area contributed by atoms with Gasteiger partial charge in [0.05, 0.1) is 0 Å². The van der Waals surface area contributed by atoms with Crippen molar-refractivity contribution >= 4 is -1.35 Å². The molecule has 1 nitrogen and oxygen atoms in total. The van der Waals surface area contributed by atoms with Crippen molar-refractivity contribution in [2.45, 2.75) is 0 Å². The molecule has 0 amide bonds. The molecular weight excluding hydrogens is 368 g/mol. The fourth-order valence-corrected chi connectivity index (χ4v) is 2.34. The van der Waals surface area contributed by atoms with Crippen molar-refractivity contribution in [1.29, 1.82) is 0 Å². The number of hydrogen-bond acceptors (Lipinski definition) is 1. The van der Waals surface area contributed by atoms with Crippen LogP contribution in [0.5, 0.6) is 0 Å². The van der Waals surface area contributed by atoms with E-state index in [0.717, 1.165) is 0 Å². The molecule has 0 radical (unpaired) electrons. The minimum absolute atomic E-state index is 0.420. The zero-order valence-corrected chi connectivity index (χ0v) is 7.57. The van der Waals surface area contributed by atoms with Gasteiger partial charge in [-0.05, 0) is 0 Å². The molecule has 1 heterocycles. The van der Waals surface area contributed by atoms with E-state index in [1.807, 2.05) is 6.20 Å². The summed E-state index contributed by atoms with van der Waals surface area (Å²) < 4.78 is 3.52. The Hall–Kier alpha value is 1.64. The zero-order chi connectivity index (χ0) is 4.41. The van der Waals surface area contributed by atoms with Crippen molar-refractivity contribution < 1.29 is 63.4 Å². The Kier molecular flexibility index (Phi) is 2.73. The third-order valence-corrected chi connectivity index (χ3v) is 3.95. The van der Waals surface area contributed by atoms with Crippen LogP contribution in [0.3, 0.4) is 0 Å². The molecule has 6 heavy (non-hydrogen) atoms. The molecule has 0 aromatic heterocycles. The Balaban J connectivity index is 2.61. The fraction of sp³-hybridized carbons (Fsp3) is 0. The van der Waals surface area contributed by atoms with Gasteiger partial charge in [-0.2, -0.15) is 0 Å². The summed E-state index contributed by atoms with van der Waals surface area (Å²) in [5.74, 6) is 0. The molecule has 0 saturated heterocycles. The summed E-state index contributed by atoms with van der Waals surface area (Å²) >= 11 is 2.13. The molecule has 0 bridgehead atoms. The van der Waals surface area contributed by atoms with Crippen LogP contribution in [0.1, 0.15) is 0 Å². The first kappa shape index (κ1) is 5.77. The van der Waals surface area contributed by atoms with Gasteiger partial charge in [0, 0.05) is 0 Å². The van der Waals surface area contributed by atoms with Crippen LogP contribution < -0.4 is 0 Å². The van der Waals surface area contributed by atoms with Crippen molar-refractivity contribution in [3.8, 4) is 0 Å². The maximum atomic E-state index is 4.04. The van der Waals surface area contributed by atoms with E-state index in [2.05, 4.69) is 5.54 Å². The molecule has 0 spiro atoms. The third kappa shape index (κ3) is 1.63. The van der Waals surface area contributed by atoms with E-state index in [1.54, 1.807) is 19.2 Å². The topological polar surface area (TPSA) is 12.4 Å². The molecule has 0 aromatic carbocycles. The minimum atomic E-state index is 0.420. The van der Waals surface area contributed by atoms with Gasteiger partial charge in [-0.25, -0.2) is 0 Å². The fourth-order valence-electron chi connectivity index (χ4n) is 0.182. The van der Waals surface area contributed by atoms with E-state index < -0.39 is 0 Å². The van der Waals surface area contributed by atoms with E-state index in [9.17, 15) is 0 Å². The van der Waals surface area contributed by atoms with Crippen molar-refractivity contribution in [2.24, 2.45) is 4.99 Å². The van der Waals surface area contributed by atoms with Crippen molar-refractivity contribution in [1.82, 2.24) is 0 Å². The first-order valence-corrected chi connectivity index (χ1v) is 4.92. The predicted octanol–water partition coefficient (Wildman–Crippen LogP) is 0.459. The molecule has 1 rings (SSSR count). The average Bonchev–Trinajstić information content (AvgIpc) is 1.86. The summed E-state index contributed by atoms with van der Waals surface area (Å²) in [6, 6.07) is 0. The van der Waals surface area contributed by atoms with Gasteiger partial charge in [0.1, 0.15) is 0 Å². The third-order valence-electron chi connectivity index (χ3n) is 0.365. The van der Waals surface area contributed by atoms with Crippen LogP contribution in [0, 0.1) is 44.2 Å². The molecule has 1 aliphatic heterocycles. The molecule has 0 N–H and O–H groups in total. The summed E-state index contributed by atoms with van der Waals surface area (Å²) in [6.07, 6.45) is 1.90. The van der Waals surface area contributed by atoms with Crippen LogP contribution in [0.2, 0.25) is 0 Å². The first-order chi connectivity index (χ1) is 2.89.